The molecule has 4 nitrogen and oxygen atoms in total. The summed E-state index contributed by atoms with van der Waals surface area (Å²) in [5.41, 5.74) is 2.39. The summed E-state index contributed by atoms with van der Waals surface area (Å²) in [5.74, 6) is 0.930. The summed E-state index contributed by atoms with van der Waals surface area (Å²) in [6, 6.07) is 17.1. The molecule has 0 aliphatic carbocycles. The third-order valence-electron chi connectivity index (χ3n) is 4.80. The first-order valence-corrected chi connectivity index (χ1v) is 9.54. The number of hydrogen-bond donors (Lipinski definition) is 1. The Bertz CT molecular complexity index is 722. The van der Waals surface area contributed by atoms with E-state index >= 15 is 0 Å². The van der Waals surface area contributed by atoms with Crippen LogP contribution in [0.15, 0.2) is 70.7 Å². The van der Waals surface area contributed by atoms with Crippen molar-refractivity contribution < 1.29 is 0 Å². The molecule has 0 aromatic heterocycles. The molecule has 130 valence electrons. The molecule has 1 fully saturated rings. The van der Waals surface area contributed by atoms with E-state index < -0.39 is 0 Å². The molecule has 4 rings (SSSR count). The Balaban J connectivity index is 1.54. The lowest BCUT2D eigenvalue weighted by molar-refractivity contribution is 0.148. The van der Waals surface area contributed by atoms with Gasteiger partial charge in [0, 0.05) is 36.0 Å². The molecular formula is C20H24N4S. The van der Waals surface area contributed by atoms with Crippen molar-refractivity contribution in [3.63, 3.8) is 0 Å². The first-order valence-electron chi connectivity index (χ1n) is 8.72. The molecule has 2 aliphatic rings. The lowest BCUT2D eigenvalue weighted by Gasteiger charge is -2.36. The molecule has 0 unspecified atom stereocenters. The number of nitrogens with zero attached hydrogens (tertiary/aromatic N) is 3. The molecule has 1 N–H and O–H groups in total. The van der Waals surface area contributed by atoms with Crippen LogP contribution in [-0.2, 0) is 0 Å². The Labute approximate surface area is 154 Å². The van der Waals surface area contributed by atoms with Gasteiger partial charge in [-0.05, 0) is 31.3 Å². The highest BCUT2D eigenvalue weighted by molar-refractivity contribution is 7.99. The first kappa shape index (κ1) is 16.5. The zero-order chi connectivity index (χ0) is 17.2. The molecule has 2 aromatic carbocycles. The lowest BCUT2D eigenvalue weighted by atomic mass is 10.2. The fourth-order valence-electron chi connectivity index (χ4n) is 3.28. The Morgan fingerprint density at radius 2 is 1.52 bits per heavy atom. The van der Waals surface area contributed by atoms with Gasteiger partial charge in [0.15, 0.2) is 0 Å². The van der Waals surface area contributed by atoms with Gasteiger partial charge in [-0.25, -0.2) is 0 Å². The van der Waals surface area contributed by atoms with Crippen molar-refractivity contribution in [1.82, 2.24) is 15.1 Å². The maximum absolute atomic E-state index is 4.34. The number of fused-ring (bicyclic) bond motifs is 2. The number of rotatable bonds is 4. The van der Waals surface area contributed by atoms with Gasteiger partial charge in [-0.3, -0.25) is 9.80 Å². The van der Waals surface area contributed by atoms with E-state index in [1.165, 1.54) is 21.2 Å². The normalized spacial score (nSPS) is 17.7. The smallest absolute Gasteiger partial charge is 0.104 e. The summed E-state index contributed by atoms with van der Waals surface area (Å²) in [7, 11) is 2.18. The topological polar surface area (TPSA) is 21.8 Å². The van der Waals surface area contributed by atoms with Crippen molar-refractivity contribution in [2.45, 2.75) is 9.79 Å². The van der Waals surface area contributed by atoms with Crippen molar-refractivity contribution in [3.05, 3.63) is 60.9 Å². The molecule has 0 saturated carbocycles. The van der Waals surface area contributed by atoms with E-state index in [0.29, 0.717) is 0 Å². The minimum Gasteiger partial charge on any atom is -0.359 e. The standard InChI is InChI=1S/C20H24N4S/c1-16(21-15-23-13-11-22(2)12-14-23)24-17-7-3-5-9-19(17)25-20-10-6-4-8-18(20)24/h3-10,21H,1,11-15H2,2H3. The quantitative estimate of drug-likeness (QED) is 0.906. The number of nitrogens with one attached hydrogen (secondary N) is 1. The van der Waals surface area contributed by atoms with Crippen molar-refractivity contribution in [3.8, 4) is 0 Å². The molecule has 2 aromatic rings. The third-order valence-corrected chi connectivity index (χ3v) is 5.94. The zero-order valence-electron chi connectivity index (χ0n) is 14.6. The molecule has 0 bridgehead atoms. The van der Waals surface area contributed by atoms with E-state index in [9.17, 15) is 0 Å². The van der Waals surface area contributed by atoms with Gasteiger partial charge in [-0.2, -0.15) is 0 Å². The van der Waals surface area contributed by atoms with Gasteiger partial charge in [0.1, 0.15) is 5.82 Å². The minimum atomic E-state index is 0.834. The largest absolute Gasteiger partial charge is 0.359 e. The van der Waals surface area contributed by atoms with Crippen molar-refractivity contribution in [2.75, 3.05) is 44.8 Å². The Morgan fingerprint density at radius 1 is 0.960 bits per heavy atom. The second-order valence-electron chi connectivity index (χ2n) is 6.58. The number of anilines is 2. The molecule has 5 heteroatoms. The third kappa shape index (κ3) is 3.40. The van der Waals surface area contributed by atoms with Gasteiger partial charge in [-0.15, -0.1) is 0 Å². The van der Waals surface area contributed by atoms with Gasteiger partial charge in [-0.1, -0.05) is 42.6 Å². The monoisotopic (exact) mass is 352 g/mol. The second-order valence-corrected chi connectivity index (χ2v) is 7.66. The van der Waals surface area contributed by atoms with E-state index in [1.54, 1.807) is 0 Å². The molecule has 1 saturated heterocycles. The predicted octanol–water partition coefficient (Wildman–Crippen LogP) is 3.56. The first-order chi connectivity index (χ1) is 12.2. The highest BCUT2D eigenvalue weighted by Crippen LogP contribution is 2.48. The summed E-state index contributed by atoms with van der Waals surface area (Å²) in [6.45, 7) is 9.62. The van der Waals surface area contributed by atoms with Gasteiger partial charge in [0.2, 0.25) is 0 Å². The molecule has 0 spiro atoms. The Hall–Kier alpha value is -1.95. The minimum absolute atomic E-state index is 0.834. The fraction of sp³-hybridized carbons (Fsp3) is 0.300. The van der Waals surface area contributed by atoms with Crippen LogP contribution in [0, 0.1) is 0 Å². The predicted molar refractivity (Wildman–Crippen MR) is 105 cm³/mol. The number of benzene rings is 2. The Kier molecular flexibility index (Phi) is 4.70. The summed E-state index contributed by atoms with van der Waals surface area (Å²) in [5, 5.41) is 3.55. The molecule has 25 heavy (non-hydrogen) atoms. The van der Waals surface area contributed by atoms with E-state index in [-0.39, 0.29) is 0 Å². The van der Waals surface area contributed by atoms with Crippen LogP contribution in [0.3, 0.4) is 0 Å². The van der Waals surface area contributed by atoms with Crippen molar-refractivity contribution in [2.24, 2.45) is 0 Å². The molecule has 0 radical (unpaired) electrons. The summed E-state index contributed by atoms with van der Waals surface area (Å²) in [4.78, 5) is 9.60. The number of piperazine rings is 1. The summed E-state index contributed by atoms with van der Waals surface area (Å²) >= 11 is 1.82. The average Bonchev–Trinajstić information content (AvgIpc) is 2.65. The zero-order valence-corrected chi connectivity index (χ0v) is 15.4. The van der Waals surface area contributed by atoms with E-state index in [4.69, 9.17) is 0 Å². The van der Waals surface area contributed by atoms with Crippen LogP contribution in [0.25, 0.3) is 0 Å². The maximum atomic E-state index is 4.34. The van der Waals surface area contributed by atoms with Crippen molar-refractivity contribution >= 4 is 23.1 Å². The molecule has 0 atom stereocenters. The molecule has 2 heterocycles. The van der Waals surface area contributed by atoms with Crippen LogP contribution in [0.1, 0.15) is 0 Å². The molecule has 0 amide bonds. The highest BCUT2D eigenvalue weighted by atomic mass is 32.2. The van der Waals surface area contributed by atoms with Gasteiger partial charge < -0.3 is 10.2 Å². The maximum Gasteiger partial charge on any atom is 0.104 e. The number of para-hydroxylation sites is 2. The Morgan fingerprint density at radius 3 is 2.12 bits per heavy atom. The summed E-state index contributed by atoms with van der Waals surface area (Å²) < 4.78 is 0. The average molecular weight is 353 g/mol. The number of likely N-dealkylation sites (N-methyl/N-ethyl adjacent to an activating group) is 1. The van der Waals surface area contributed by atoms with Crippen LogP contribution >= 0.6 is 11.8 Å². The van der Waals surface area contributed by atoms with Gasteiger partial charge in [0.05, 0.1) is 18.0 Å². The van der Waals surface area contributed by atoms with E-state index in [2.05, 4.69) is 82.2 Å². The highest BCUT2D eigenvalue weighted by Gasteiger charge is 2.25. The van der Waals surface area contributed by atoms with E-state index in [0.717, 1.165) is 38.7 Å². The van der Waals surface area contributed by atoms with Crippen LogP contribution in [0.2, 0.25) is 0 Å². The van der Waals surface area contributed by atoms with E-state index in [1.807, 2.05) is 11.8 Å². The van der Waals surface area contributed by atoms with Crippen LogP contribution in [-0.4, -0.2) is 49.7 Å². The van der Waals surface area contributed by atoms with Crippen molar-refractivity contribution in [1.29, 1.82) is 0 Å². The van der Waals surface area contributed by atoms with Gasteiger partial charge >= 0.3 is 0 Å². The lowest BCUT2D eigenvalue weighted by Crippen LogP contribution is -2.48. The molecular weight excluding hydrogens is 328 g/mol. The second kappa shape index (κ2) is 7.12. The van der Waals surface area contributed by atoms with Crippen LogP contribution in [0.5, 0.6) is 0 Å². The van der Waals surface area contributed by atoms with Gasteiger partial charge in [0.25, 0.3) is 0 Å². The van der Waals surface area contributed by atoms with Crippen LogP contribution in [0.4, 0.5) is 11.4 Å². The number of hydrogen-bond acceptors (Lipinski definition) is 5. The summed E-state index contributed by atoms with van der Waals surface area (Å²) in [6.07, 6.45) is 0. The van der Waals surface area contributed by atoms with Crippen LogP contribution < -0.4 is 10.2 Å². The fourth-order valence-corrected chi connectivity index (χ4v) is 4.34. The SMILES string of the molecule is C=C(NCN1CCN(C)CC1)N1c2ccccc2Sc2ccccc21. The molecule has 2 aliphatic heterocycles.